The van der Waals surface area contributed by atoms with E-state index in [1.54, 1.807) is 23.8 Å². The van der Waals surface area contributed by atoms with Crippen molar-refractivity contribution in [1.29, 1.82) is 0 Å². The van der Waals surface area contributed by atoms with Crippen molar-refractivity contribution in [2.24, 2.45) is 0 Å². The average molecular weight is 2470 g/mol. The molecule has 0 spiro atoms. The van der Waals surface area contributed by atoms with Gasteiger partial charge in [0.15, 0.2) is 23.1 Å². The first-order chi connectivity index (χ1) is 62.2. The standard InChI is InChI=1S/C29H18N3.C27H16N5.C15H9N2O.C15H9N2S.4C5H8O2.4Ir/c1-2-9-20(10-3-1)31-27-15-8-18-30-29(27)24-17-16-21(19-28(24)31)32-25-13-6-4-11-22(25)23-12-5-7-14-26(23)32;1-2-5-18(6-3-1)31-25-7-4-12-30-27(25)20-9-8-19(15-26(20)31)32-23-10-13-28-16-21(23)22-17-29-14-11-24(22)32;2*1-2-5-11(6-3-1)17-13-7-4-9-16-14(13)12-8-10-18-15(12)17;4*1-4(6)3-5(2)7;;;;/h1-16,18-19H;1-8,10-17H;2*1-7,9-10H;4*3,6H,1-2H3;;;;/q4*-1;;;;;;;;. The van der Waals surface area contributed by atoms with Crippen molar-refractivity contribution >= 4 is 165 Å². The van der Waals surface area contributed by atoms with Gasteiger partial charge in [0, 0.05) is 260 Å². The molecule has 0 aliphatic heterocycles. The molecule has 22 rings (SSSR count). The minimum Gasteiger partial charge on any atom is -0.519 e. The van der Waals surface area contributed by atoms with Crippen molar-refractivity contribution in [3.05, 3.63) is 388 Å². The van der Waals surface area contributed by atoms with Crippen LogP contribution in [0.5, 0.6) is 0 Å². The Morgan fingerprint density at radius 3 is 0.970 bits per heavy atom. The number of rotatable bonds is 10. The number of carbonyl (C=O) groups excluding carboxylic acids is 4. The van der Waals surface area contributed by atoms with Crippen molar-refractivity contribution in [3.63, 3.8) is 0 Å². The zero-order valence-electron chi connectivity index (χ0n) is 72.3. The number of para-hydroxylation sites is 6. The zero-order chi connectivity index (χ0) is 89.5. The molecule has 0 fully saturated rings. The number of aliphatic hydroxyl groups is 4. The number of carbonyl (C=O) groups is 4. The van der Waals surface area contributed by atoms with E-state index < -0.39 is 0 Å². The van der Waals surface area contributed by atoms with Gasteiger partial charge in [0.1, 0.15) is 0 Å². The third-order valence-electron chi connectivity index (χ3n) is 20.1. The molecule has 4 radical (unpaired) electrons. The third-order valence-corrected chi connectivity index (χ3v) is 20.9. The Hall–Kier alpha value is -14.1. The van der Waals surface area contributed by atoms with Crippen molar-refractivity contribution < 1.29 is 124 Å². The number of fused-ring (bicyclic) bond motifs is 18. The Morgan fingerprint density at radius 2 is 0.606 bits per heavy atom. The Bertz CT molecular complexity index is 7330. The van der Waals surface area contributed by atoms with Crippen LogP contribution in [0.1, 0.15) is 55.4 Å². The zero-order valence-corrected chi connectivity index (χ0v) is 82.7. The largest absolute Gasteiger partial charge is 0.519 e. The van der Waals surface area contributed by atoms with E-state index in [0.717, 1.165) is 133 Å². The van der Waals surface area contributed by atoms with E-state index >= 15 is 0 Å². The van der Waals surface area contributed by atoms with E-state index in [1.807, 2.05) is 134 Å². The van der Waals surface area contributed by atoms with Crippen LogP contribution in [0.2, 0.25) is 0 Å². The van der Waals surface area contributed by atoms with Gasteiger partial charge in [0.05, 0.1) is 28.8 Å². The SMILES string of the molecule is CC(=O)C=C(C)O.CC(=O)C=C(C)O.CC(=O)C=C(C)O.CC(=O)C=C(C)O.[Ir].[Ir].[Ir].[Ir].[c-]1cc(-n2c3ccccc3c3ccccc32)cc2c1c1ncccc1n2-c1ccccc1.[c-]1cc(-n2c3ccncc3c3cnccc32)cc2c1c1ncccc1n2-c1ccccc1.[c-]1coc2c1c1ncccc1n2-c1ccccc1.[c-]1csc2c1c1ncccc1n2-c1ccccc1. The smallest absolute Gasteiger partial charge is 0.155 e. The molecule has 0 saturated heterocycles. The monoisotopic (exact) mass is 2470 g/mol. The number of nitrogens with zero attached hydrogens (tertiary/aromatic N) is 12. The summed E-state index contributed by atoms with van der Waals surface area (Å²) >= 11 is 1.70. The molecule has 0 bridgehead atoms. The van der Waals surface area contributed by atoms with Gasteiger partial charge in [0.25, 0.3) is 0 Å². The number of hydrogen-bond donors (Lipinski definition) is 4. The summed E-state index contributed by atoms with van der Waals surface area (Å²) in [6.07, 6.45) is 21.0. The Labute approximate surface area is 817 Å². The molecule has 14 aromatic heterocycles. The molecule has 0 aliphatic rings. The Kier molecular flexibility index (Phi) is 33.9. The summed E-state index contributed by atoms with van der Waals surface area (Å²) in [6, 6.07) is 101. The molecule has 26 heteroatoms. The maximum absolute atomic E-state index is 10.0. The van der Waals surface area contributed by atoms with Gasteiger partial charge < -0.3 is 72.2 Å². The van der Waals surface area contributed by atoms with Crippen molar-refractivity contribution in [1.82, 2.24) is 57.3 Å². The van der Waals surface area contributed by atoms with Crippen LogP contribution in [0.25, 0.3) is 165 Å². The van der Waals surface area contributed by atoms with E-state index in [1.165, 1.54) is 112 Å². The van der Waals surface area contributed by atoms with Crippen molar-refractivity contribution in [2.45, 2.75) is 55.4 Å². The van der Waals surface area contributed by atoms with E-state index in [0.29, 0.717) is 0 Å². The molecule has 0 atom stereocenters. The fraction of sp³-hybridized carbons (Fsp3) is 0.0755. The summed E-state index contributed by atoms with van der Waals surface area (Å²) in [5, 5.41) is 44.2. The van der Waals surface area contributed by atoms with Crippen LogP contribution >= 0.6 is 11.3 Å². The fourth-order valence-corrected chi connectivity index (χ4v) is 16.3. The fourth-order valence-electron chi connectivity index (χ4n) is 15.4. The molecule has 4 N–H and O–H groups in total. The summed E-state index contributed by atoms with van der Waals surface area (Å²) in [7, 11) is 0. The number of hydrogen-bond acceptors (Lipinski definition) is 16. The summed E-state index contributed by atoms with van der Waals surface area (Å²) in [5.74, 6) is -0.250. The topological polar surface area (TPSA) is 269 Å². The van der Waals surface area contributed by atoms with Crippen molar-refractivity contribution in [3.8, 4) is 34.1 Å². The van der Waals surface area contributed by atoms with Gasteiger partial charge in [-0.3, -0.25) is 29.1 Å². The van der Waals surface area contributed by atoms with Gasteiger partial charge in [-0.15, -0.1) is 41.1 Å². The van der Waals surface area contributed by atoms with E-state index in [-0.39, 0.29) is 127 Å². The molecule has 668 valence electrons. The quantitative estimate of drug-likeness (QED) is 0.0563. The van der Waals surface area contributed by atoms with Crippen LogP contribution in [0.4, 0.5) is 0 Å². The molecule has 0 saturated carbocycles. The molecule has 14 heterocycles. The third kappa shape index (κ3) is 22.0. The normalized spacial score (nSPS) is 11.2. The number of benzene rings is 8. The summed E-state index contributed by atoms with van der Waals surface area (Å²) in [5.41, 5.74) is 22.3. The first-order valence-corrected chi connectivity index (χ1v) is 41.6. The number of ketones is 4. The van der Waals surface area contributed by atoms with Crippen LogP contribution in [-0.2, 0) is 99.6 Å². The predicted octanol–water partition coefficient (Wildman–Crippen LogP) is 24.7. The molecule has 132 heavy (non-hydrogen) atoms. The van der Waals surface area contributed by atoms with Crippen LogP contribution in [0.3, 0.4) is 0 Å². The predicted molar refractivity (Wildman–Crippen MR) is 512 cm³/mol. The van der Waals surface area contributed by atoms with Gasteiger partial charge in [-0.25, -0.2) is 11.3 Å². The van der Waals surface area contributed by atoms with Gasteiger partial charge in [-0.2, -0.15) is 6.07 Å². The second kappa shape index (κ2) is 45.4. The van der Waals surface area contributed by atoms with Gasteiger partial charge in [-0.05, 0) is 215 Å². The number of allylic oxidation sites excluding steroid dienone is 8. The summed E-state index contributed by atoms with van der Waals surface area (Å²) in [4.78, 5) is 68.2. The molecule has 8 aromatic carbocycles. The van der Waals surface area contributed by atoms with Crippen LogP contribution in [-0.4, -0.2) is 101 Å². The van der Waals surface area contributed by atoms with E-state index in [4.69, 9.17) is 24.8 Å². The summed E-state index contributed by atoms with van der Waals surface area (Å²) in [6.45, 7) is 11.4. The maximum atomic E-state index is 10.0. The Morgan fingerprint density at radius 1 is 0.303 bits per heavy atom. The molecule has 21 nitrogen and oxygen atoms in total. The van der Waals surface area contributed by atoms with Crippen molar-refractivity contribution in [2.75, 3.05) is 0 Å². The van der Waals surface area contributed by atoms with Gasteiger partial charge in [0.2, 0.25) is 0 Å². The maximum Gasteiger partial charge on any atom is 0.155 e. The number of aromatic nitrogens is 12. The molecular weight excluding hydrogens is 2390 g/mol. The van der Waals surface area contributed by atoms with E-state index in [9.17, 15) is 19.2 Å². The van der Waals surface area contributed by atoms with Crippen LogP contribution < -0.4 is 0 Å². The number of furan rings is 1. The minimum atomic E-state index is -0.125. The minimum absolute atomic E-state index is 0. The molecule has 22 aromatic rings. The summed E-state index contributed by atoms with van der Waals surface area (Å²) < 4.78 is 19.0. The van der Waals surface area contributed by atoms with E-state index in [2.05, 4.69) is 251 Å². The van der Waals surface area contributed by atoms with Crippen LogP contribution in [0.15, 0.2) is 368 Å². The Balaban J connectivity index is 0.000000156. The molecule has 0 aliphatic carbocycles. The van der Waals surface area contributed by atoms with Gasteiger partial charge >= 0.3 is 0 Å². The number of pyridine rings is 6. The second-order valence-corrected chi connectivity index (χ2v) is 30.5. The first kappa shape index (κ1) is 98.5. The molecule has 0 unspecified atom stereocenters. The molecular formula is C106H84Ir4N12O9S-4. The molecule has 0 amide bonds. The first-order valence-electron chi connectivity index (χ1n) is 40.7. The average Bonchev–Trinajstić information content (AvgIpc) is 1.58. The number of aliphatic hydroxyl groups excluding tert-OH is 4. The van der Waals surface area contributed by atoms with Crippen LogP contribution in [0, 0.1) is 24.3 Å². The number of thiophene rings is 1. The second-order valence-electron chi connectivity index (χ2n) is 29.6. The van der Waals surface area contributed by atoms with Gasteiger partial charge in [-0.1, -0.05) is 137 Å².